The molecular weight excluding hydrogens is 272 g/mol. The zero-order valence-corrected chi connectivity index (χ0v) is 14.9. The van der Waals surface area contributed by atoms with Crippen molar-refractivity contribution in [2.75, 3.05) is 6.61 Å². The molecule has 2 N–H and O–H groups in total. The van der Waals surface area contributed by atoms with Gasteiger partial charge in [-0.2, -0.15) is 0 Å². The van der Waals surface area contributed by atoms with Crippen LogP contribution >= 0.6 is 0 Å². The number of fused-ring (bicyclic) bond motifs is 3. The summed E-state index contributed by atoms with van der Waals surface area (Å²) in [6.45, 7) is 9.49. The summed E-state index contributed by atoms with van der Waals surface area (Å²) in [5, 5.41) is 19.6. The Morgan fingerprint density at radius 3 is 2.55 bits per heavy atom. The minimum Gasteiger partial charge on any atom is -0.394 e. The Morgan fingerprint density at radius 2 is 1.86 bits per heavy atom. The lowest BCUT2D eigenvalue weighted by Crippen LogP contribution is -2.51. The van der Waals surface area contributed by atoms with Crippen molar-refractivity contribution in [3.05, 3.63) is 11.6 Å². The molecule has 22 heavy (non-hydrogen) atoms. The Bertz CT molecular complexity index is 466. The van der Waals surface area contributed by atoms with Crippen LogP contribution in [0.5, 0.6) is 0 Å². The Labute approximate surface area is 136 Å². The number of hydrogen-bond acceptors (Lipinski definition) is 2. The lowest BCUT2D eigenvalue weighted by Gasteiger charge is -2.60. The van der Waals surface area contributed by atoms with Crippen LogP contribution in [0.1, 0.15) is 72.6 Å². The van der Waals surface area contributed by atoms with Gasteiger partial charge in [0, 0.05) is 5.41 Å². The van der Waals surface area contributed by atoms with Gasteiger partial charge in [0.05, 0.1) is 12.7 Å². The molecule has 0 unspecified atom stereocenters. The molecule has 126 valence electrons. The van der Waals surface area contributed by atoms with Crippen LogP contribution in [0.4, 0.5) is 0 Å². The SMILES string of the molecule is CC1(C)CCC[C@]2(C)[C@H]3CC[C@](C)([C@@H](O)CO)C=C3CC[C@@H]12. The summed E-state index contributed by atoms with van der Waals surface area (Å²) in [5.74, 6) is 1.54. The van der Waals surface area contributed by atoms with Crippen molar-refractivity contribution in [3.63, 3.8) is 0 Å². The molecule has 0 radical (unpaired) electrons. The third kappa shape index (κ3) is 2.38. The average Bonchev–Trinajstić information content (AvgIpc) is 2.45. The van der Waals surface area contributed by atoms with E-state index in [0.717, 1.165) is 12.3 Å². The fourth-order valence-electron chi connectivity index (χ4n) is 6.32. The van der Waals surface area contributed by atoms with Gasteiger partial charge in [0.15, 0.2) is 0 Å². The minimum absolute atomic E-state index is 0.127. The number of allylic oxidation sites excluding steroid dienone is 1. The number of hydrogen-bond donors (Lipinski definition) is 2. The first-order valence-corrected chi connectivity index (χ1v) is 9.23. The standard InChI is InChI=1S/C20H34O2/c1-18(2)9-5-10-20(4)15-8-11-19(3,17(22)13-21)12-14(15)6-7-16(18)20/h12,15-17,21-22H,5-11,13H2,1-4H3/t15-,16-,17-,19-,20+/m0/s1. The zero-order valence-electron chi connectivity index (χ0n) is 14.9. The monoisotopic (exact) mass is 306 g/mol. The van der Waals surface area contributed by atoms with Crippen molar-refractivity contribution < 1.29 is 10.2 Å². The van der Waals surface area contributed by atoms with Gasteiger partial charge in [-0.25, -0.2) is 0 Å². The normalized spacial score (nSPS) is 45.5. The van der Waals surface area contributed by atoms with Gasteiger partial charge < -0.3 is 10.2 Å². The first-order valence-electron chi connectivity index (χ1n) is 9.23. The molecule has 0 aromatic carbocycles. The number of aliphatic hydroxyl groups is 2. The molecule has 0 aliphatic heterocycles. The van der Waals surface area contributed by atoms with Gasteiger partial charge in [0.25, 0.3) is 0 Å². The minimum atomic E-state index is -0.616. The Hall–Kier alpha value is -0.340. The van der Waals surface area contributed by atoms with E-state index in [-0.39, 0.29) is 12.0 Å². The highest BCUT2D eigenvalue weighted by Gasteiger charge is 2.54. The predicted molar refractivity (Wildman–Crippen MR) is 90.5 cm³/mol. The summed E-state index contributed by atoms with van der Waals surface area (Å²) in [6.07, 6.45) is 10.5. The summed E-state index contributed by atoms with van der Waals surface area (Å²) >= 11 is 0. The highest BCUT2D eigenvalue weighted by atomic mass is 16.3. The molecule has 5 atom stereocenters. The molecule has 0 heterocycles. The summed E-state index contributed by atoms with van der Waals surface area (Å²) < 4.78 is 0. The smallest absolute Gasteiger partial charge is 0.0858 e. The topological polar surface area (TPSA) is 40.5 Å². The molecule has 2 fully saturated rings. The fourth-order valence-corrected chi connectivity index (χ4v) is 6.32. The Morgan fingerprint density at radius 1 is 1.14 bits per heavy atom. The highest BCUT2D eigenvalue weighted by Crippen LogP contribution is 2.63. The van der Waals surface area contributed by atoms with Crippen molar-refractivity contribution >= 4 is 0 Å². The molecule has 2 nitrogen and oxygen atoms in total. The van der Waals surface area contributed by atoms with Gasteiger partial charge in [-0.15, -0.1) is 0 Å². The van der Waals surface area contributed by atoms with Gasteiger partial charge in [-0.3, -0.25) is 0 Å². The number of rotatable bonds is 2. The third-order valence-electron chi connectivity index (χ3n) is 7.66. The van der Waals surface area contributed by atoms with Gasteiger partial charge >= 0.3 is 0 Å². The lowest BCUT2D eigenvalue weighted by molar-refractivity contribution is -0.0673. The summed E-state index contributed by atoms with van der Waals surface area (Å²) in [6, 6.07) is 0. The van der Waals surface area contributed by atoms with Crippen molar-refractivity contribution in [2.45, 2.75) is 78.7 Å². The van der Waals surface area contributed by atoms with Crippen molar-refractivity contribution in [1.29, 1.82) is 0 Å². The number of aliphatic hydroxyl groups excluding tert-OH is 2. The second-order valence-corrected chi connectivity index (χ2v) is 9.45. The third-order valence-corrected chi connectivity index (χ3v) is 7.66. The van der Waals surface area contributed by atoms with Gasteiger partial charge in [0.1, 0.15) is 0 Å². The lowest BCUT2D eigenvalue weighted by atomic mass is 9.45. The summed E-state index contributed by atoms with van der Waals surface area (Å²) in [7, 11) is 0. The fraction of sp³-hybridized carbons (Fsp3) is 0.900. The molecule has 0 bridgehead atoms. The van der Waals surface area contributed by atoms with Crippen molar-refractivity contribution in [3.8, 4) is 0 Å². The van der Waals surface area contributed by atoms with Crippen molar-refractivity contribution in [1.82, 2.24) is 0 Å². The first kappa shape index (κ1) is 16.5. The maximum Gasteiger partial charge on any atom is 0.0858 e. The van der Waals surface area contributed by atoms with Crippen LogP contribution in [-0.4, -0.2) is 22.9 Å². The second-order valence-electron chi connectivity index (χ2n) is 9.45. The Balaban J connectivity index is 1.92. The zero-order chi connectivity index (χ0) is 16.2. The van der Waals surface area contributed by atoms with Crippen LogP contribution in [0.3, 0.4) is 0 Å². The molecule has 3 rings (SSSR count). The molecule has 3 aliphatic carbocycles. The molecule has 0 aromatic heterocycles. The largest absolute Gasteiger partial charge is 0.394 e. The molecule has 0 aromatic rings. The maximum absolute atomic E-state index is 10.2. The molecule has 2 heteroatoms. The maximum atomic E-state index is 10.2. The van der Waals surface area contributed by atoms with Crippen LogP contribution in [-0.2, 0) is 0 Å². The Kier molecular flexibility index (Phi) is 4.01. The van der Waals surface area contributed by atoms with Crippen LogP contribution in [0.2, 0.25) is 0 Å². The second kappa shape index (κ2) is 5.34. The van der Waals surface area contributed by atoms with E-state index in [1.54, 1.807) is 5.57 Å². The molecule has 0 amide bonds. The van der Waals surface area contributed by atoms with Gasteiger partial charge in [-0.1, -0.05) is 45.8 Å². The van der Waals surface area contributed by atoms with Crippen LogP contribution in [0.15, 0.2) is 11.6 Å². The van der Waals surface area contributed by atoms with Crippen LogP contribution in [0.25, 0.3) is 0 Å². The van der Waals surface area contributed by atoms with E-state index in [1.807, 2.05) is 0 Å². The highest BCUT2D eigenvalue weighted by molar-refractivity contribution is 5.24. The quantitative estimate of drug-likeness (QED) is 0.746. The summed E-state index contributed by atoms with van der Waals surface area (Å²) in [5.41, 5.74) is 2.27. The van der Waals surface area contributed by atoms with E-state index in [1.165, 1.54) is 38.5 Å². The average molecular weight is 306 g/mol. The summed E-state index contributed by atoms with van der Waals surface area (Å²) in [4.78, 5) is 0. The van der Waals surface area contributed by atoms with Crippen LogP contribution in [0, 0.1) is 28.1 Å². The molecule has 0 spiro atoms. The molecule has 3 aliphatic rings. The molecule has 2 saturated carbocycles. The molecular formula is C20H34O2. The van der Waals surface area contributed by atoms with E-state index in [4.69, 9.17) is 0 Å². The van der Waals surface area contributed by atoms with Crippen molar-refractivity contribution in [2.24, 2.45) is 28.1 Å². The van der Waals surface area contributed by atoms with E-state index in [2.05, 4.69) is 33.8 Å². The van der Waals surface area contributed by atoms with E-state index in [0.29, 0.717) is 16.7 Å². The predicted octanol–water partition coefficient (Wildman–Crippen LogP) is 4.31. The first-order chi connectivity index (χ1) is 10.2. The van der Waals surface area contributed by atoms with Gasteiger partial charge in [0.2, 0.25) is 0 Å². The van der Waals surface area contributed by atoms with Gasteiger partial charge in [-0.05, 0) is 61.2 Å². The van der Waals surface area contributed by atoms with E-state index >= 15 is 0 Å². The van der Waals surface area contributed by atoms with Crippen LogP contribution < -0.4 is 0 Å². The van der Waals surface area contributed by atoms with E-state index < -0.39 is 6.10 Å². The molecule has 0 saturated heterocycles. The van der Waals surface area contributed by atoms with E-state index in [9.17, 15) is 10.2 Å².